The normalized spacial score (nSPS) is 10.0. The number of anilines is 2. The maximum absolute atomic E-state index is 5.60. The van der Waals surface area contributed by atoms with Crippen LogP contribution in [0.25, 0.3) is 0 Å². The summed E-state index contributed by atoms with van der Waals surface area (Å²) in [6.45, 7) is 1.97. The van der Waals surface area contributed by atoms with Gasteiger partial charge in [-0.1, -0.05) is 6.92 Å². The van der Waals surface area contributed by atoms with E-state index in [1.165, 1.54) is 0 Å². The summed E-state index contributed by atoms with van der Waals surface area (Å²) < 4.78 is 0.592. The number of nitrogens with two attached hydrogens (primary N) is 2. The number of hydrogen-bond acceptors (Lipinski definition) is 4. The monoisotopic (exact) mass is 264 g/mol. The molecular weight excluding hydrogens is 255 g/mol. The van der Waals surface area contributed by atoms with E-state index >= 15 is 0 Å². The van der Waals surface area contributed by atoms with E-state index in [-0.39, 0.29) is 0 Å². The Morgan fingerprint density at radius 1 is 1.27 bits per heavy atom. The van der Waals surface area contributed by atoms with Crippen LogP contribution in [-0.4, -0.2) is 9.97 Å². The van der Waals surface area contributed by atoms with Crippen LogP contribution in [0.4, 0.5) is 11.6 Å². The van der Waals surface area contributed by atoms with E-state index in [0.717, 1.165) is 12.0 Å². The van der Waals surface area contributed by atoms with Gasteiger partial charge in [0.25, 0.3) is 0 Å². The fraction of sp³-hybridized carbons (Fsp3) is 0.333. The molecule has 0 amide bonds. The minimum atomic E-state index is 0.490. The van der Waals surface area contributed by atoms with Crippen LogP contribution in [0.5, 0.6) is 0 Å². The van der Waals surface area contributed by atoms with E-state index in [2.05, 4.69) is 9.97 Å². The Balaban J connectivity index is 3.25. The molecule has 1 rings (SSSR count). The van der Waals surface area contributed by atoms with Crippen molar-refractivity contribution >= 4 is 34.2 Å². The van der Waals surface area contributed by atoms with Gasteiger partial charge < -0.3 is 11.5 Å². The van der Waals surface area contributed by atoms with Crippen molar-refractivity contribution in [2.24, 2.45) is 0 Å². The van der Waals surface area contributed by atoms with Crippen molar-refractivity contribution in [2.75, 3.05) is 11.5 Å². The molecule has 0 aromatic carbocycles. The molecular formula is C6H9IN4. The first-order valence-electron chi connectivity index (χ1n) is 3.22. The molecule has 5 heteroatoms. The third-order valence-electron chi connectivity index (χ3n) is 1.40. The van der Waals surface area contributed by atoms with Gasteiger partial charge in [0.15, 0.2) is 3.83 Å². The van der Waals surface area contributed by atoms with Crippen molar-refractivity contribution in [3.05, 3.63) is 9.39 Å². The van der Waals surface area contributed by atoms with E-state index < -0.39 is 0 Å². The molecule has 0 fully saturated rings. The summed E-state index contributed by atoms with van der Waals surface area (Å²) in [5.41, 5.74) is 12.0. The third kappa shape index (κ3) is 1.70. The Morgan fingerprint density at radius 3 is 2.09 bits per heavy atom. The maximum atomic E-state index is 5.60. The molecule has 60 valence electrons. The van der Waals surface area contributed by atoms with Crippen molar-refractivity contribution in [2.45, 2.75) is 13.3 Å². The largest absolute Gasteiger partial charge is 0.383 e. The molecule has 0 radical (unpaired) electrons. The highest BCUT2D eigenvalue weighted by Gasteiger charge is 2.05. The Bertz CT molecular complexity index is 250. The fourth-order valence-electron chi connectivity index (χ4n) is 0.852. The average molecular weight is 264 g/mol. The Hall–Kier alpha value is -0.590. The molecule has 0 saturated carbocycles. The molecule has 1 heterocycles. The number of nitrogens with zero attached hydrogens (tertiary/aromatic N) is 2. The van der Waals surface area contributed by atoms with Crippen LogP contribution in [0.15, 0.2) is 0 Å². The number of rotatable bonds is 1. The van der Waals surface area contributed by atoms with Gasteiger partial charge >= 0.3 is 0 Å². The number of aromatic nitrogens is 2. The van der Waals surface area contributed by atoms with Gasteiger partial charge in [0.2, 0.25) is 0 Å². The first-order valence-corrected chi connectivity index (χ1v) is 4.30. The second kappa shape index (κ2) is 3.21. The quantitative estimate of drug-likeness (QED) is 0.581. The van der Waals surface area contributed by atoms with Gasteiger partial charge in [0, 0.05) is 28.2 Å². The van der Waals surface area contributed by atoms with Gasteiger partial charge in [-0.3, -0.25) is 0 Å². The van der Waals surface area contributed by atoms with Gasteiger partial charge in [-0.25, -0.2) is 9.97 Å². The lowest BCUT2D eigenvalue weighted by molar-refractivity contribution is 1.04. The highest BCUT2D eigenvalue weighted by atomic mass is 127. The van der Waals surface area contributed by atoms with Crippen LogP contribution < -0.4 is 11.5 Å². The van der Waals surface area contributed by atoms with E-state index in [1.807, 2.05) is 29.5 Å². The molecule has 0 aliphatic carbocycles. The van der Waals surface area contributed by atoms with Gasteiger partial charge in [0.05, 0.1) is 0 Å². The third-order valence-corrected chi connectivity index (χ3v) is 1.88. The lowest BCUT2D eigenvalue weighted by atomic mass is 10.2. The van der Waals surface area contributed by atoms with Crippen LogP contribution in [-0.2, 0) is 6.42 Å². The SMILES string of the molecule is CCc1c(N)nc(I)nc1N. The van der Waals surface area contributed by atoms with E-state index in [1.54, 1.807) is 0 Å². The van der Waals surface area contributed by atoms with Gasteiger partial charge in [-0.15, -0.1) is 0 Å². The Labute approximate surface area is 78.5 Å². The highest BCUT2D eigenvalue weighted by Crippen LogP contribution is 2.16. The number of hydrogen-bond donors (Lipinski definition) is 2. The van der Waals surface area contributed by atoms with Gasteiger partial charge in [0.1, 0.15) is 11.6 Å². The van der Waals surface area contributed by atoms with Crippen LogP contribution in [0.2, 0.25) is 0 Å². The summed E-state index contributed by atoms with van der Waals surface area (Å²) in [6, 6.07) is 0. The Morgan fingerprint density at radius 2 is 1.73 bits per heavy atom. The van der Waals surface area contributed by atoms with Crippen LogP contribution in [0, 0.1) is 3.83 Å². The fourth-order valence-corrected chi connectivity index (χ4v) is 1.37. The smallest absolute Gasteiger partial charge is 0.194 e. The molecule has 11 heavy (non-hydrogen) atoms. The van der Waals surface area contributed by atoms with E-state index in [0.29, 0.717) is 15.5 Å². The van der Waals surface area contributed by atoms with Crippen molar-refractivity contribution in [1.29, 1.82) is 0 Å². The zero-order valence-electron chi connectivity index (χ0n) is 6.13. The molecule has 1 aromatic heterocycles. The molecule has 0 bridgehead atoms. The van der Waals surface area contributed by atoms with Crippen molar-refractivity contribution < 1.29 is 0 Å². The molecule has 0 unspecified atom stereocenters. The molecule has 0 spiro atoms. The lowest BCUT2D eigenvalue weighted by Crippen LogP contribution is -2.06. The standard InChI is InChI=1S/C6H9IN4/c1-2-3-4(8)10-6(7)11-5(3)9/h2H2,1H3,(H4,8,9,10,11). The average Bonchev–Trinajstić information content (AvgIpc) is 1.85. The van der Waals surface area contributed by atoms with E-state index in [4.69, 9.17) is 11.5 Å². The number of nitrogen functional groups attached to an aromatic ring is 2. The Kier molecular flexibility index (Phi) is 2.48. The van der Waals surface area contributed by atoms with Crippen LogP contribution in [0.1, 0.15) is 12.5 Å². The summed E-state index contributed by atoms with van der Waals surface area (Å²) in [5, 5.41) is 0. The highest BCUT2D eigenvalue weighted by molar-refractivity contribution is 14.1. The van der Waals surface area contributed by atoms with Crippen molar-refractivity contribution in [3.8, 4) is 0 Å². The second-order valence-corrected chi connectivity index (χ2v) is 3.06. The summed E-state index contributed by atoms with van der Waals surface area (Å²) in [6.07, 6.45) is 0.772. The second-order valence-electron chi connectivity index (χ2n) is 2.10. The summed E-state index contributed by atoms with van der Waals surface area (Å²) in [4.78, 5) is 7.96. The minimum Gasteiger partial charge on any atom is -0.383 e. The maximum Gasteiger partial charge on any atom is 0.194 e. The molecule has 0 saturated heterocycles. The molecule has 4 nitrogen and oxygen atoms in total. The van der Waals surface area contributed by atoms with Crippen molar-refractivity contribution in [3.63, 3.8) is 0 Å². The first-order chi connectivity index (χ1) is 5.15. The summed E-state index contributed by atoms with van der Waals surface area (Å²) in [5.74, 6) is 0.980. The molecule has 4 N–H and O–H groups in total. The zero-order valence-corrected chi connectivity index (χ0v) is 8.29. The predicted octanol–water partition coefficient (Wildman–Crippen LogP) is 0.808. The lowest BCUT2D eigenvalue weighted by Gasteiger charge is -2.04. The van der Waals surface area contributed by atoms with Gasteiger partial charge in [-0.2, -0.15) is 0 Å². The first kappa shape index (κ1) is 8.51. The molecule has 0 aliphatic rings. The zero-order chi connectivity index (χ0) is 8.43. The molecule has 0 atom stereocenters. The molecule has 0 aliphatic heterocycles. The predicted molar refractivity (Wildman–Crippen MR) is 53.0 cm³/mol. The summed E-state index contributed by atoms with van der Waals surface area (Å²) >= 11 is 1.98. The minimum absolute atomic E-state index is 0.490. The van der Waals surface area contributed by atoms with Crippen LogP contribution in [0.3, 0.4) is 0 Å². The molecule has 1 aromatic rings. The van der Waals surface area contributed by atoms with Crippen molar-refractivity contribution in [1.82, 2.24) is 9.97 Å². The van der Waals surface area contributed by atoms with Crippen LogP contribution >= 0.6 is 22.6 Å². The van der Waals surface area contributed by atoms with Gasteiger partial charge in [-0.05, 0) is 6.42 Å². The summed E-state index contributed by atoms with van der Waals surface area (Å²) in [7, 11) is 0. The topological polar surface area (TPSA) is 77.8 Å². The number of halogens is 1. The van der Waals surface area contributed by atoms with E-state index in [9.17, 15) is 0 Å².